The molecule has 2 heterocycles. The molecular weight excluding hydrogens is 269 g/mol. The van der Waals surface area contributed by atoms with Crippen molar-refractivity contribution in [2.24, 2.45) is 0 Å². The van der Waals surface area contributed by atoms with E-state index in [9.17, 15) is 13.2 Å². The minimum atomic E-state index is -4.43. The van der Waals surface area contributed by atoms with Crippen molar-refractivity contribution in [2.45, 2.75) is 25.1 Å². The van der Waals surface area contributed by atoms with Crippen LogP contribution in [0, 0.1) is 0 Å². The maximum Gasteiger partial charge on any atom is 0.433 e. The molecule has 20 heavy (non-hydrogen) atoms. The van der Waals surface area contributed by atoms with Gasteiger partial charge in [-0.3, -0.25) is 4.90 Å². The molecule has 1 aliphatic heterocycles. The number of rotatable bonds is 2. The summed E-state index contributed by atoms with van der Waals surface area (Å²) < 4.78 is 38.1. The molecule has 4 nitrogen and oxygen atoms in total. The summed E-state index contributed by atoms with van der Waals surface area (Å²) in [5, 5.41) is 0. The van der Waals surface area contributed by atoms with Crippen molar-refractivity contribution >= 4 is 11.4 Å². The van der Waals surface area contributed by atoms with E-state index in [0.717, 1.165) is 25.4 Å². The summed E-state index contributed by atoms with van der Waals surface area (Å²) in [6, 6.07) is 1.75. The van der Waals surface area contributed by atoms with E-state index in [4.69, 9.17) is 5.73 Å². The van der Waals surface area contributed by atoms with Crippen LogP contribution in [0.5, 0.6) is 0 Å². The van der Waals surface area contributed by atoms with E-state index in [1.807, 2.05) is 4.90 Å². The number of nitrogens with two attached hydrogens (primary N) is 1. The minimum Gasteiger partial charge on any atom is -0.396 e. The van der Waals surface area contributed by atoms with Gasteiger partial charge in [-0.2, -0.15) is 13.2 Å². The molecule has 2 aliphatic rings. The average molecular weight is 286 g/mol. The number of hydrogen-bond donors (Lipinski definition) is 1. The van der Waals surface area contributed by atoms with Crippen LogP contribution >= 0.6 is 0 Å². The normalized spacial score (nSPS) is 21.2. The van der Waals surface area contributed by atoms with Crippen LogP contribution in [-0.4, -0.2) is 42.1 Å². The highest BCUT2D eigenvalue weighted by atomic mass is 19.4. The van der Waals surface area contributed by atoms with Crippen molar-refractivity contribution < 1.29 is 13.2 Å². The molecule has 1 aromatic heterocycles. The van der Waals surface area contributed by atoms with Gasteiger partial charge in [0.05, 0.1) is 17.6 Å². The number of aromatic nitrogens is 1. The van der Waals surface area contributed by atoms with Crippen LogP contribution in [0.3, 0.4) is 0 Å². The second-order valence-corrected chi connectivity index (χ2v) is 5.38. The van der Waals surface area contributed by atoms with Crippen LogP contribution in [0.4, 0.5) is 24.5 Å². The largest absolute Gasteiger partial charge is 0.433 e. The van der Waals surface area contributed by atoms with Gasteiger partial charge in [0.25, 0.3) is 0 Å². The Kier molecular flexibility index (Phi) is 3.24. The van der Waals surface area contributed by atoms with Crippen LogP contribution in [0.1, 0.15) is 18.5 Å². The standard InChI is InChI=1S/C13H17F3N4/c14-13(15,16)12-7-11(10(17)8-18-12)20-5-3-19(4-6-20)9-1-2-9/h7-9H,1-6,17H2. The monoisotopic (exact) mass is 286 g/mol. The first-order valence-corrected chi connectivity index (χ1v) is 6.77. The smallest absolute Gasteiger partial charge is 0.396 e. The summed E-state index contributed by atoms with van der Waals surface area (Å²) in [5.41, 5.74) is 5.65. The zero-order chi connectivity index (χ0) is 14.3. The predicted octanol–water partition coefficient (Wildman–Crippen LogP) is 1.97. The lowest BCUT2D eigenvalue weighted by Crippen LogP contribution is -2.47. The number of hydrogen-bond acceptors (Lipinski definition) is 4. The maximum atomic E-state index is 12.7. The number of pyridine rings is 1. The molecule has 0 spiro atoms. The maximum absolute atomic E-state index is 12.7. The molecule has 2 N–H and O–H groups in total. The van der Waals surface area contributed by atoms with Gasteiger partial charge in [0, 0.05) is 32.2 Å². The van der Waals surface area contributed by atoms with Crippen LogP contribution in [-0.2, 0) is 6.18 Å². The lowest BCUT2D eigenvalue weighted by Gasteiger charge is -2.36. The molecule has 0 bridgehead atoms. The number of alkyl halides is 3. The number of anilines is 2. The van der Waals surface area contributed by atoms with Gasteiger partial charge in [-0.25, -0.2) is 4.98 Å². The molecule has 7 heteroatoms. The van der Waals surface area contributed by atoms with E-state index in [-0.39, 0.29) is 0 Å². The molecule has 0 radical (unpaired) electrons. The predicted molar refractivity (Wildman–Crippen MR) is 70.5 cm³/mol. The molecule has 0 amide bonds. The summed E-state index contributed by atoms with van der Waals surface area (Å²) in [6.07, 6.45) is -0.838. The Bertz CT molecular complexity index is 491. The topological polar surface area (TPSA) is 45.4 Å². The molecule has 3 rings (SSSR count). The van der Waals surface area contributed by atoms with Crippen molar-refractivity contribution in [1.82, 2.24) is 9.88 Å². The van der Waals surface area contributed by atoms with Gasteiger partial charge in [-0.05, 0) is 18.9 Å². The second-order valence-electron chi connectivity index (χ2n) is 5.38. The van der Waals surface area contributed by atoms with Gasteiger partial charge in [0.2, 0.25) is 0 Å². The Morgan fingerprint density at radius 3 is 2.35 bits per heavy atom. The van der Waals surface area contributed by atoms with Gasteiger partial charge >= 0.3 is 6.18 Å². The minimum absolute atomic E-state index is 0.304. The highest BCUT2D eigenvalue weighted by molar-refractivity contribution is 5.67. The Labute approximate surface area is 115 Å². The molecule has 1 saturated heterocycles. The fourth-order valence-electron chi connectivity index (χ4n) is 2.65. The third-order valence-corrected chi connectivity index (χ3v) is 3.92. The molecule has 1 saturated carbocycles. The SMILES string of the molecule is Nc1cnc(C(F)(F)F)cc1N1CCN(C2CC2)CC1. The molecule has 110 valence electrons. The van der Waals surface area contributed by atoms with E-state index in [2.05, 4.69) is 9.88 Å². The quantitative estimate of drug-likeness (QED) is 0.903. The Hall–Kier alpha value is -1.50. The van der Waals surface area contributed by atoms with E-state index in [1.165, 1.54) is 12.8 Å². The van der Waals surface area contributed by atoms with E-state index in [1.54, 1.807) is 0 Å². The van der Waals surface area contributed by atoms with Gasteiger partial charge in [-0.1, -0.05) is 0 Å². The molecule has 0 aromatic carbocycles. The van der Waals surface area contributed by atoms with Crippen molar-refractivity contribution in [3.05, 3.63) is 18.0 Å². The third kappa shape index (κ3) is 2.67. The molecule has 0 atom stereocenters. The molecule has 0 unspecified atom stereocenters. The van der Waals surface area contributed by atoms with E-state index in [0.29, 0.717) is 30.5 Å². The van der Waals surface area contributed by atoms with Crippen LogP contribution in [0.25, 0.3) is 0 Å². The molecule has 2 fully saturated rings. The molecular formula is C13H17F3N4. The van der Waals surface area contributed by atoms with Crippen LogP contribution in [0.2, 0.25) is 0 Å². The van der Waals surface area contributed by atoms with E-state index < -0.39 is 11.9 Å². The van der Waals surface area contributed by atoms with Crippen molar-refractivity contribution in [3.63, 3.8) is 0 Å². The fraction of sp³-hybridized carbons (Fsp3) is 0.615. The van der Waals surface area contributed by atoms with Gasteiger partial charge in [0.15, 0.2) is 0 Å². The van der Waals surface area contributed by atoms with Crippen molar-refractivity contribution in [1.29, 1.82) is 0 Å². The van der Waals surface area contributed by atoms with E-state index >= 15 is 0 Å². The van der Waals surface area contributed by atoms with Gasteiger partial charge in [0.1, 0.15) is 5.69 Å². The second kappa shape index (κ2) is 4.80. The zero-order valence-electron chi connectivity index (χ0n) is 11.0. The molecule has 1 aliphatic carbocycles. The summed E-state index contributed by atoms with van der Waals surface area (Å²) in [5.74, 6) is 0. The summed E-state index contributed by atoms with van der Waals surface area (Å²) in [7, 11) is 0. The highest BCUT2D eigenvalue weighted by Gasteiger charge is 2.35. The summed E-state index contributed by atoms with van der Waals surface area (Å²) in [6.45, 7) is 3.19. The summed E-state index contributed by atoms with van der Waals surface area (Å²) in [4.78, 5) is 7.69. The van der Waals surface area contributed by atoms with Crippen LogP contribution < -0.4 is 10.6 Å². The Morgan fingerprint density at radius 2 is 1.80 bits per heavy atom. The Morgan fingerprint density at radius 1 is 1.15 bits per heavy atom. The number of halogens is 3. The highest BCUT2D eigenvalue weighted by Crippen LogP contribution is 2.34. The summed E-state index contributed by atoms with van der Waals surface area (Å²) >= 11 is 0. The zero-order valence-corrected chi connectivity index (χ0v) is 11.0. The van der Waals surface area contributed by atoms with Crippen molar-refractivity contribution in [2.75, 3.05) is 36.8 Å². The lowest BCUT2D eigenvalue weighted by molar-refractivity contribution is -0.141. The lowest BCUT2D eigenvalue weighted by atomic mass is 10.2. The molecule has 1 aromatic rings. The number of nitrogen functional groups attached to an aromatic ring is 1. The first-order chi connectivity index (χ1) is 9.45. The number of nitrogens with zero attached hydrogens (tertiary/aromatic N) is 3. The third-order valence-electron chi connectivity index (χ3n) is 3.92. The van der Waals surface area contributed by atoms with Crippen LogP contribution in [0.15, 0.2) is 12.3 Å². The van der Waals surface area contributed by atoms with Crippen molar-refractivity contribution in [3.8, 4) is 0 Å². The fourth-order valence-corrected chi connectivity index (χ4v) is 2.65. The van der Waals surface area contributed by atoms with Gasteiger partial charge < -0.3 is 10.6 Å². The average Bonchev–Trinajstić information content (AvgIpc) is 3.22. The first kappa shape index (κ1) is 13.5. The first-order valence-electron chi connectivity index (χ1n) is 6.77. The Balaban J connectivity index is 1.76. The number of piperazine rings is 1. The van der Waals surface area contributed by atoms with Gasteiger partial charge in [-0.15, -0.1) is 0 Å².